The lowest BCUT2D eigenvalue weighted by Crippen LogP contribution is -1.97. The Bertz CT molecular complexity index is 547. The standard InChI is InChI=1S/C16H19BrN2/c1-11(2)9-12-3-6-14(7-4-12)19-16-8-5-13(17)10-15(16)18/h3-8,10-11,19H,9,18H2,1-2H3. The van der Waals surface area contributed by atoms with E-state index >= 15 is 0 Å². The van der Waals surface area contributed by atoms with Gasteiger partial charge in [0.05, 0.1) is 11.4 Å². The Labute approximate surface area is 123 Å². The molecular weight excluding hydrogens is 300 g/mol. The van der Waals surface area contributed by atoms with Crippen LogP contribution in [-0.4, -0.2) is 0 Å². The van der Waals surface area contributed by atoms with Gasteiger partial charge in [-0.3, -0.25) is 0 Å². The molecular formula is C16H19BrN2. The van der Waals surface area contributed by atoms with E-state index < -0.39 is 0 Å². The monoisotopic (exact) mass is 318 g/mol. The fourth-order valence-electron chi connectivity index (χ4n) is 2.00. The molecule has 0 radical (unpaired) electrons. The molecule has 0 aliphatic carbocycles. The second-order valence-corrected chi connectivity index (χ2v) is 6.07. The minimum Gasteiger partial charge on any atom is -0.397 e. The second-order valence-electron chi connectivity index (χ2n) is 5.15. The topological polar surface area (TPSA) is 38.0 Å². The summed E-state index contributed by atoms with van der Waals surface area (Å²) in [5.74, 6) is 0.681. The van der Waals surface area contributed by atoms with Crippen molar-refractivity contribution >= 4 is 33.0 Å². The van der Waals surface area contributed by atoms with Crippen LogP contribution in [0.3, 0.4) is 0 Å². The number of nitrogens with one attached hydrogen (secondary N) is 1. The van der Waals surface area contributed by atoms with Crippen LogP contribution >= 0.6 is 15.9 Å². The number of hydrogen-bond acceptors (Lipinski definition) is 2. The van der Waals surface area contributed by atoms with E-state index in [0.717, 1.165) is 28.0 Å². The molecule has 2 rings (SSSR count). The minimum atomic E-state index is 0.681. The smallest absolute Gasteiger partial charge is 0.0618 e. The number of rotatable bonds is 4. The Kier molecular flexibility index (Phi) is 4.48. The molecule has 0 saturated heterocycles. The van der Waals surface area contributed by atoms with Crippen LogP contribution in [0.2, 0.25) is 0 Å². The number of halogens is 1. The van der Waals surface area contributed by atoms with Crippen molar-refractivity contribution in [1.82, 2.24) is 0 Å². The molecule has 100 valence electrons. The first-order chi connectivity index (χ1) is 9.04. The Balaban J connectivity index is 2.10. The van der Waals surface area contributed by atoms with Gasteiger partial charge in [-0.2, -0.15) is 0 Å². The molecule has 2 aromatic carbocycles. The molecule has 0 aromatic heterocycles. The maximum absolute atomic E-state index is 5.97. The van der Waals surface area contributed by atoms with E-state index in [2.05, 4.69) is 59.4 Å². The molecule has 0 unspecified atom stereocenters. The highest BCUT2D eigenvalue weighted by Crippen LogP contribution is 2.26. The third-order valence-electron chi connectivity index (χ3n) is 2.89. The summed E-state index contributed by atoms with van der Waals surface area (Å²) in [7, 11) is 0. The summed E-state index contributed by atoms with van der Waals surface area (Å²) in [4.78, 5) is 0. The number of nitrogens with two attached hydrogens (primary N) is 1. The van der Waals surface area contributed by atoms with Crippen LogP contribution in [0, 0.1) is 5.92 Å². The predicted octanol–water partition coefficient (Wildman–Crippen LogP) is 4.97. The summed E-state index contributed by atoms with van der Waals surface area (Å²) in [6.45, 7) is 4.46. The van der Waals surface area contributed by atoms with Crippen LogP contribution < -0.4 is 11.1 Å². The molecule has 0 saturated carbocycles. The van der Waals surface area contributed by atoms with Crippen LogP contribution in [-0.2, 0) is 6.42 Å². The van der Waals surface area contributed by atoms with Crippen molar-refractivity contribution in [2.45, 2.75) is 20.3 Å². The summed E-state index contributed by atoms with van der Waals surface area (Å²) in [6, 6.07) is 14.4. The molecule has 19 heavy (non-hydrogen) atoms. The van der Waals surface area contributed by atoms with Crippen molar-refractivity contribution in [3.8, 4) is 0 Å². The van der Waals surface area contributed by atoms with Gasteiger partial charge in [-0.15, -0.1) is 0 Å². The third-order valence-corrected chi connectivity index (χ3v) is 3.38. The van der Waals surface area contributed by atoms with Gasteiger partial charge in [-0.05, 0) is 48.2 Å². The average molecular weight is 319 g/mol. The summed E-state index contributed by atoms with van der Waals surface area (Å²) < 4.78 is 0.989. The third kappa shape index (κ3) is 4.00. The van der Waals surface area contributed by atoms with E-state index in [1.807, 2.05) is 18.2 Å². The molecule has 3 N–H and O–H groups in total. The summed E-state index contributed by atoms with van der Waals surface area (Å²) in [6.07, 6.45) is 1.11. The van der Waals surface area contributed by atoms with Crippen molar-refractivity contribution in [1.29, 1.82) is 0 Å². The van der Waals surface area contributed by atoms with Gasteiger partial charge < -0.3 is 11.1 Å². The van der Waals surface area contributed by atoms with E-state index in [1.54, 1.807) is 0 Å². The molecule has 0 aliphatic heterocycles. The molecule has 0 atom stereocenters. The van der Waals surface area contributed by atoms with Gasteiger partial charge in [-0.25, -0.2) is 0 Å². The van der Waals surface area contributed by atoms with E-state index in [4.69, 9.17) is 5.73 Å². The predicted molar refractivity (Wildman–Crippen MR) is 86.8 cm³/mol. The second kappa shape index (κ2) is 6.11. The summed E-state index contributed by atoms with van der Waals surface area (Å²) in [5.41, 5.74) is 10.1. The molecule has 2 aromatic rings. The number of nitrogen functional groups attached to an aromatic ring is 1. The molecule has 0 bridgehead atoms. The number of hydrogen-bond donors (Lipinski definition) is 2. The highest BCUT2D eigenvalue weighted by atomic mass is 79.9. The first-order valence-electron chi connectivity index (χ1n) is 6.45. The summed E-state index contributed by atoms with van der Waals surface area (Å²) in [5, 5.41) is 3.33. The molecule has 0 heterocycles. The van der Waals surface area contributed by atoms with Crippen molar-refractivity contribution in [2.75, 3.05) is 11.1 Å². The highest BCUT2D eigenvalue weighted by Gasteiger charge is 2.02. The Hall–Kier alpha value is -1.48. The zero-order valence-corrected chi connectivity index (χ0v) is 12.9. The van der Waals surface area contributed by atoms with E-state index in [1.165, 1.54) is 5.56 Å². The van der Waals surface area contributed by atoms with Crippen molar-refractivity contribution in [3.05, 3.63) is 52.5 Å². The number of benzene rings is 2. The molecule has 3 heteroatoms. The van der Waals surface area contributed by atoms with E-state index in [-0.39, 0.29) is 0 Å². The molecule has 0 amide bonds. The SMILES string of the molecule is CC(C)Cc1ccc(Nc2ccc(Br)cc2N)cc1. The number of anilines is 3. The zero-order valence-electron chi connectivity index (χ0n) is 11.3. The lowest BCUT2D eigenvalue weighted by atomic mass is 10.0. The normalized spacial score (nSPS) is 10.7. The fourth-order valence-corrected chi connectivity index (χ4v) is 2.38. The summed E-state index contributed by atoms with van der Waals surface area (Å²) >= 11 is 3.41. The van der Waals surface area contributed by atoms with E-state index in [0.29, 0.717) is 5.92 Å². The molecule has 2 nitrogen and oxygen atoms in total. The van der Waals surface area contributed by atoms with Crippen molar-refractivity contribution in [2.24, 2.45) is 5.92 Å². The van der Waals surface area contributed by atoms with Gasteiger partial charge in [0.15, 0.2) is 0 Å². The zero-order chi connectivity index (χ0) is 13.8. The van der Waals surface area contributed by atoms with Gasteiger partial charge >= 0.3 is 0 Å². The Morgan fingerprint density at radius 2 is 1.79 bits per heavy atom. The average Bonchev–Trinajstić information content (AvgIpc) is 2.34. The Morgan fingerprint density at radius 3 is 2.37 bits per heavy atom. The largest absolute Gasteiger partial charge is 0.397 e. The van der Waals surface area contributed by atoms with Crippen LogP contribution in [0.25, 0.3) is 0 Å². The van der Waals surface area contributed by atoms with Crippen LogP contribution in [0.15, 0.2) is 46.9 Å². The minimum absolute atomic E-state index is 0.681. The molecule has 0 spiro atoms. The van der Waals surface area contributed by atoms with Gasteiger partial charge in [0, 0.05) is 10.2 Å². The first-order valence-corrected chi connectivity index (χ1v) is 7.25. The maximum atomic E-state index is 5.97. The lowest BCUT2D eigenvalue weighted by Gasteiger charge is -2.11. The van der Waals surface area contributed by atoms with Gasteiger partial charge in [-0.1, -0.05) is 41.9 Å². The molecule has 0 aliphatic rings. The highest BCUT2D eigenvalue weighted by molar-refractivity contribution is 9.10. The van der Waals surface area contributed by atoms with Gasteiger partial charge in [0.1, 0.15) is 0 Å². The van der Waals surface area contributed by atoms with Crippen LogP contribution in [0.5, 0.6) is 0 Å². The van der Waals surface area contributed by atoms with Crippen molar-refractivity contribution in [3.63, 3.8) is 0 Å². The van der Waals surface area contributed by atoms with Gasteiger partial charge in [0.2, 0.25) is 0 Å². The van der Waals surface area contributed by atoms with Crippen molar-refractivity contribution < 1.29 is 0 Å². The lowest BCUT2D eigenvalue weighted by molar-refractivity contribution is 0.647. The van der Waals surface area contributed by atoms with E-state index in [9.17, 15) is 0 Å². The van der Waals surface area contributed by atoms with Gasteiger partial charge in [0.25, 0.3) is 0 Å². The Morgan fingerprint density at radius 1 is 1.11 bits per heavy atom. The van der Waals surface area contributed by atoms with Crippen LogP contribution in [0.1, 0.15) is 19.4 Å². The van der Waals surface area contributed by atoms with Crippen LogP contribution in [0.4, 0.5) is 17.1 Å². The first kappa shape index (κ1) is 13.9. The molecule has 0 fully saturated rings. The quantitative estimate of drug-likeness (QED) is 0.781. The fraction of sp³-hybridized carbons (Fsp3) is 0.250. The maximum Gasteiger partial charge on any atom is 0.0618 e.